The van der Waals surface area contributed by atoms with Crippen LogP contribution in [0.25, 0.3) is 0 Å². The minimum Gasteiger partial charge on any atom is -0.411 e. The zero-order valence-electron chi connectivity index (χ0n) is 17.7. The smallest absolute Gasteiger partial charge is 0.157 e. The minimum atomic E-state index is 0.0325. The summed E-state index contributed by atoms with van der Waals surface area (Å²) >= 11 is 0. The number of fused-ring (bicyclic) bond motifs is 5. The lowest BCUT2D eigenvalue weighted by atomic mass is 9.48. The van der Waals surface area contributed by atoms with Crippen LogP contribution >= 0.6 is 0 Å². The maximum absolute atomic E-state index is 9.52. The quantitative estimate of drug-likeness (QED) is 0.376. The van der Waals surface area contributed by atoms with Crippen LogP contribution in [0.15, 0.2) is 16.8 Å². The van der Waals surface area contributed by atoms with Gasteiger partial charge in [0.25, 0.3) is 0 Å². The van der Waals surface area contributed by atoms with Gasteiger partial charge in [0.2, 0.25) is 0 Å². The molecular weight excluding hydrogens is 350 g/mol. The van der Waals surface area contributed by atoms with Crippen LogP contribution in [0.4, 0.5) is 0 Å². The summed E-state index contributed by atoms with van der Waals surface area (Å²) < 4.78 is 12.2. The molecule has 5 aliphatic rings. The fourth-order valence-electron chi connectivity index (χ4n) is 7.73. The van der Waals surface area contributed by atoms with Crippen LogP contribution in [0, 0.1) is 28.6 Å². The summed E-state index contributed by atoms with van der Waals surface area (Å²) in [5.74, 6) is 2.23. The first-order valence-corrected chi connectivity index (χ1v) is 11.7. The predicted molar refractivity (Wildman–Crippen MR) is 109 cm³/mol. The number of allylic oxidation sites excluding steroid dienone is 1. The van der Waals surface area contributed by atoms with E-state index in [-0.39, 0.29) is 11.7 Å². The van der Waals surface area contributed by atoms with Crippen LogP contribution in [0.5, 0.6) is 0 Å². The summed E-state index contributed by atoms with van der Waals surface area (Å²) in [6, 6.07) is 0. The molecule has 0 radical (unpaired) electrons. The molecule has 0 aromatic heterocycles. The van der Waals surface area contributed by atoms with Crippen LogP contribution in [0.3, 0.4) is 0 Å². The van der Waals surface area contributed by atoms with E-state index in [4.69, 9.17) is 9.47 Å². The monoisotopic (exact) mass is 387 g/mol. The van der Waals surface area contributed by atoms with Gasteiger partial charge in [0.1, 0.15) is 0 Å². The first-order valence-electron chi connectivity index (χ1n) is 11.7. The predicted octanol–water partition coefficient (Wildman–Crippen LogP) is 5.69. The summed E-state index contributed by atoms with van der Waals surface area (Å²) in [5, 5.41) is 13.2. The van der Waals surface area contributed by atoms with Crippen LogP contribution in [-0.4, -0.2) is 29.9 Å². The van der Waals surface area contributed by atoms with Gasteiger partial charge in [-0.2, -0.15) is 0 Å². The Bertz CT molecular complexity index is 667. The molecule has 4 nitrogen and oxygen atoms in total. The Hall–Kier alpha value is -0.870. The Kier molecular flexibility index (Phi) is 4.86. The number of rotatable bonds is 2. The van der Waals surface area contributed by atoms with Crippen molar-refractivity contribution in [2.24, 2.45) is 33.7 Å². The topological polar surface area (TPSA) is 51.0 Å². The van der Waals surface area contributed by atoms with Gasteiger partial charge in [0, 0.05) is 12.0 Å². The van der Waals surface area contributed by atoms with Crippen molar-refractivity contribution in [2.45, 2.75) is 96.9 Å². The zero-order valence-corrected chi connectivity index (χ0v) is 17.7. The third-order valence-electron chi connectivity index (χ3n) is 9.40. The largest absolute Gasteiger partial charge is 0.411 e. The van der Waals surface area contributed by atoms with Crippen LogP contribution in [0.2, 0.25) is 0 Å². The first-order chi connectivity index (χ1) is 13.5. The molecule has 0 aromatic carbocycles. The van der Waals surface area contributed by atoms with Crippen molar-refractivity contribution < 1.29 is 14.7 Å². The second kappa shape index (κ2) is 7.12. The summed E-state index contributed by atoms with van der Waals surface area (Å²) in [4.78, 5) is 0. The molecule has 0 spiro atoms. The zero-order chi connectivity index (χ0) is 19.4. The van der Waals surface area contributed by atoms with Crippen molar-refractivity contribution in [1.29, 1.82) is 0 Å². The molecule has 0 bridgehead atoms. The van der Waals surface area contributed by atoms with Crippen molar-refractivity contribution in [3.8, 4) is 0 Å². The fraction of sp³-hybridized carbons (Fsp3) is 0.875. The standard InChI is InChI=1S/C24H37NO3/c1-23-12-10-17(28-22-5-3-4-14-27-22)15-16(23)6-7-18-19-8-9-21(25-26)24(19,2)13-11-20(18)23/h6,17-20,22,26H,3-5,7-15H2,1-2H3/b25-21+/t17-,18-,19?,20?,22?,23-,24-/m0/s1. The maximum Gasteiger partial charge on any atom is 0.157 e. The summed E-state index contributed by atoms with van der Waals surface area (Å²) in [6.07, 6.45) is 15.8. The molecule has 0 amide bonds. The molecule has 3 saturated carbocycles. The lowest BCUT2D eigenvalue weighted by Crippen LogP contribution is -2.50. The normalized spacial score (nSPS) is 49.9. The van der Waals surface area contributed by atoms with E-state index in [0.717, 1.165) is 43.4 Å². The van der Waals surface area contributed by atoms with E-state index in [2.05, 4.69) is 25.1 Å². The number of hydrogen-bond donors (Lipinski definition) is 1. The summed E-state index contributed by atoms with van der Waals surface area (Å²) in [6.45, 7) is 5.77. The molecule has 4 fully saturated rings. The molecule has 0 aromatic rings. The van der Waals surface area contributed by atoms with Crippen LogP contribution < -0.4 is 0 Å². The van der Waals surface area contributed by atoms with Gasteiger partial charge in [-0.05, 0) is 93.8 Å². The van der Waals surface area contributed by atoms with E-state index in [1.54, 1.807) is 5.57 Å². The lowest BCUT2D eigenvalue weighted by Gasteiger charge is -2.57. The Balaban J connectivity index is 1.32. The third-order valence-corrected chi connectivity index (χ3v) is 9.40. The average molecular weight is 388 g/mol. The van der Waals surface area contributed by atoms with E-state index >= 15 is 0 Å². The van der Waals surface area contributed by atoms with Gasteiger partial charge >= 0.3 is 0 Å². The maximum atomic E-state index is 9.52. The Labute approximate surface area is 169 Å². The van der Waals surface area contributed by atoms with Gasteiger partial charge in [-0.25, -0.2) is 0 Å². The number of hydrogen-bond acceptors (Lipinski definition) is 4. The van der Waals surface area contributed by atoms with Crippen molar-refractivity contribution in [3.63, 3.8) is 0 Å². The molecule has 5 rings (SSSR count). The molecule has 1 heterocycles. The number of nitrogens with zero attached hydrogens (tertiary/aromatic N) is 1. The molecule has 1 saturated heterocycles. The molecule has 3 unspecified atom stereocenters. The molecule has 4 aliphatic carbocycles. The van der Waals surface area contributed by atoms with E-state index in [0.29, 0.717) is 17.4 Å². The number of oxime groups is 1. The highest BCUT2D eigenvalue weighted by Gasteiger charge is 2.58. The van der Waals surface area contributed by atoms with Gasteiger partial charge in [-0.3, -0.25) is 0 Å². The Morgan fingerprint density at radius 3 is 2.68 bits per heavy atom. The van der Waals surface area contributed by atoms with Crippen LogP contribution in [0.1, 0.15) is 84.5 Å². The molecule has 156 valence electrons. The molecule has 4 heteroatoms. The van der Waals surface area contributed by atoms with E-state index in [9.17, 15) is 5.21 Å². The molecule has 1 aliphatic heterocycles. The highest BCUT2D eigenvalue weighted by molar-refractivity contribution is 5.92. The molecular formula is C24H37NO3. The van der Waals surface area contributed by atoms with E-state index < -0.39 is 0 Å². The van der Waals surface area contributed by atoms with Crippen LogP contribution in [-0.2, 0) is 9.47 Å². The first kappa shape index (κ1) is 19.1. The fourth-order valence-corrected chi connectivity index (χ4v) is 7.73. The lowest BCUT2D eigenvalue weighted by molar-refractivity contribution is -0.195. The summed E-state index contributed by atoms with van der Waals surface area (Å²) in [7, 11) is 0. The van der Waals surface area contributed by atoms with Gasteiger partial charge in [0.15, 0.2) is 6.29 Å². The SMILES string of the molecule is C[C@]12CC[C@H](OC3CCCCO3)CC1=CC[C@@H]1C2CC[C@]2(C)/C(=N/O)CCC12. The van der Waals surface area contributed by atoms with Gasteiger partial charge < -0.3 is 14.7 Å². The second-order valence-electron chi connectivity index (χ2n) is 10.6. The van der Waals surface area contributed by atoms with E-state index in [1.165, 1.54) is 51.4 Å². The van der Waals surface area contributed by atoms with Crippen molar-refractivity contribution in [2.75, 3.05) is 6.61 Å². The number of ether oxygens (including phenoxy) is 2. The molecule has 7 atom stereocenters. The Morgan fingerprint density at radius 1 is 1.07 bits per heavy atom. The highest BCUT2D eigenvalue weighted by Crippen LogP contribution is 2.64. The Morgan fingerprint density at radius 2 is 1.89 bits per heavy atom. The second-order valence-corrected chi connectivity index (χ2v) is 10.6. The van der Waals surface area contributed by atoms with Crippen molar-refractivity contribution in [1.82, 2.24) is 0 Å². The van der Waals surface area contributed by atoms with E-state index in [1.807, 2.05) is 0 Å². The summed E-state index contributed by atoms with van der Waals surface area (Å²) in [5.41, 5.74) is 3.21. The average Bonchev–Trinajstić information content (AvgIpc) is 3.05. The van der Waals surface area contributed by atoms with Gasteiger partial charge in [-0.15, -0.1) is 0 Å². The minimum absolute atomic E-state index is 0.0325. The van der Waals surface area contributed by atoms with Gasteiger partial charge in [0.05, 0.1) is 11.8 Å². The molecule has 1 N–H and O–H groups in total. The third kappa shape index (κ3) is 2.89. The molecule has 28 heavy (non-hydrogen) atoms. The highest BCUT2D eigenvalue weighted by atomic mass is 16.7. The van der Waals surface area contributed by atoms with Crippen molar-refractivity contribution >= 4 is 5.71 Å². The van der Waals surface area contributed by atoms with Gasteiger partial charge in [-0.1, -0.05) is 30.7 Å². The van der Waals surface area contributed by atoms with Crippen molar-refractivity contribution in [3.05, 3.63) is 11.6 Å².